The number of carbonyl (C=O) groups is 2. The van der Waals surface area contributed by atoms with Crippen molar-refractivity contribution in [2.45, 2.75) is 19.8 Å². The zero-order chi connectivity index (χ0) is 16.1. The molecule has 5 nitrogen and oxygen atoms in total. The van der Waals surface area contributed by atoms with E-state index in [2.05, 4.69) is 10.3 Å². The summed E-state index contributed by atoms with van der Waals surface area (Å²) in [6, 6.07) is 6.78. The van der Waals surface area contributed by atoms with E-state index in [4.69, 9.17) is 16.7 Å². The summed E-state index contributed by atoms with van der Waals surface area (Å²) in [5.41, 5.74) is 0.899. The Bertz CT molecular complexity index is 703. The predicted molar refractivity (Wildman–Crippen MR) is 85.1 cm³/mol. The van der Waals surface area contributed by atoms with Crippen molar-refractivity contribution in [3.63, 3.8) is 0 Å². The van der Waals surface area contributed by atoms with Crippen LogP contribution in [-0.2, 0) is 4.79 Å². The van der Waals surface area contributed by atoms with Crippen LogP contribution in [0.1, 0.15) is 30.1 Å². The number of nitrogens with one attached hydrogen (secondary N) is 1. The maximum absolute atomic E-state index is 12.3. The average Bonchev–Trinajstić information content (AvgIpc) is 2.51. The maximum atomic E-state index is 12.3. The van der Waals surface area contributed by atoms with Crippen LogP contribution in [0.5, 0.6) is 0 Å². The molecule has 0 fully saturated rings. The molecule has 0 aliphatic carbocycles. The number of carboxylic acids is 1. The van der Waals surface area contributed by atoms with Gasteiger partial charge in [0.25, 0.3) is 5.91 Å². The number of hydrogen-bond donors (Lipinski definition) is 2. The Balaban J connectivity index is 2.20. The van der Waals surface area contributed by atoms with E-state index < -0.39 is 11.9 Å². The molecule has 0 spiro atoms. The number of amides is 1. The number of carbonyl (C=O) groups excluding carboxylic acids is 1. The molecule has 0 radical (unpaired) electrons. The van der Waals surface area contributed by atoms with Gasteiger partial charge in [0.15, 0.2) is 0 Å². The molecule has 2 rings (SSSR count). The Kier molecular flexibility index (Phi) is 5.33. The van der Waals surface area contributed by atoms with Crippen LogP contribution in [0.15, 0.2) is 30.5 Å². The summed E-state index contributed by atoms with van der Waals surface area (Å²) in [6.07, 6.45) is 2.86. The first-order valence-electron chi connectivity index (χ1n) is 7.08. The number of halogens is 1. The minimum absolute atomic E-state index is 0.0962. The summed E-state index contributed by atoms with van der Waals surface area (Å²) in [5, 5.41) is 13.0. The number of nitrogens with zero attached hydrogens (tertiary/aromatic N) is 1. The minimum atomic E-state index is -0.902. The lowest BCUT2D eigenvalue weighted by Gasteiger charge is -2.13. The second-order valence-corrected chi connectivity index (χ2v) is 5.44. The Morgan fingerprint density at radius 2 is 2.14 bits per heavy atom. The third-order valence-electron chi connectivity index (χ3n) is 3.46. The zero-order valence-corrected chi connectivity index (χ0v) is 12.9. The van der Waals surface area contributed by atoms with Gasteiger partial charge in [0.1, 0.15) is 0 Å². The van der Waals surface area contributed by atoms with Crippen molar-refractivity contribution in [3.8, 4) is 0 Å². The molecule has 1 unspecified atom stereocenters. The van der Waals surface area contributed by atoms with Crippen LogP contribution in [-0.4, -0.2) is 28.5 Å². The van der Waals surface area contributed by atoms with Crippen molar-refractivity contribution in [1.29, 1.82) is 0 Å². The highest BCUT2D eigenvalue weighted by Crippen LogP contribution is 2.24. The van der Waals surface area contributed by atoms with Crippen molar-refractivity contribution >= 4 is 34.4 Å². The molecule has 2 N–H and O–H groups in total. The molecular weight excluding hydrogens is 304 g/mol. The first kappa shape index (κ1) is 16.2. The zero-order valence-electron chi connectivity index (χ0n) is 12.2. The van der Waals surface area contributed by atoms with Crippen LogP contribution in [0.2, 0.25) is 5.02 Å². The lowest BCUT2D eigenvalue weighted by Crippen LogP contribution is -2.33. The number of benzene rings is 1. The topological polar surface area (TPSA) is 79.3 Å². The number of aliphatic carboxylic acids is 1. The number of hydrogen-bond acceptors (Lipinski definition) is 3. The highest BCUT2D eigenvalue weighted by molar-refractivity contribution is 6.36. The lowest BCUT2D eigenvalue weighted by atomic mass is 10.0. The number of aromatic nitrogens is 1. The van der Waals surface area contributed by atoms with Crippen molar-refractivity contribution < 1.29 is 14.7 Å². The van der Waals surface area contributed by atoms with Crippen LogP contribution in [0, 0.1) is 5.92 Å². The Labute approximate surface area is 133 Å². The van der Waals surface area contributed by atoms with E-state index in [-0.39, 0.29) is 12.5 Å². The van der Waals surface area contributed by atoms with Crippen molar-refractivity contribution in [1.82, 2.24) is 10.3 Å². The summed E-state index contributed by atoms with van der Waals surface area (Å²) < 4.78 is 0. The number of fused-ring (bicyclic) bond motifs is 1. The van der Waals surface area contributed by atoms with Crippen molar-refractivity contribution in [3.05, 3.63) is 41.0 Å². The first-order chi connectivity index (χ1) is 10.5. The first-order valence-corrected chi connectivity index (χ1v) is 7.46. The highest BCUT2D eigenvalue weighted by Gasteiger charge is 2.19. The molecule has 2 aromatic rings. The van der Waals surface area contributed by atoms with E-state index in [0.717, 1.165) is 6.42 Å². The molecule has 0 saturated carbocycles. The predicted octanol–water partition coefficient (Wildman–Crippen LogP) is 3.12. The van der Waals surface area contributed by atoms with Crippen LogP contribution in [0.4, 0.5) is 0 Å². The van der Waals surface area contributed by atoms with E-state index in [1.807, 2.05) is 6.92 Å². The van der Waals surface area contributed by atoms with E-state index in [1.165, 1.54) is 0 Å². The molecule has 116 valence electrons. The SMILES string of the molecule is CCCC(CNC(=O)c1ccc(Cl)c2cccnc12)C(=O)O. The highest BCUT2D eigenvalue weighted by atomic mass is 35.5. The standard InChI is InChI=1S/C16H17ClN2O3/c1-2-4-10(16(21)22)9-19-15(20)12-6-7-13(17)11-5-3-8-18-14(11)12/h3,5-8,10H,2,4,9H2,1H3,(H,19,20)(H,21,22). The third-order valence-corrected chi connectivity index (χ3v) is 3.79. The molecule has 6 heteroatoms. The lowest BCUT2D eigenvalue weighted by molar-refractivity contribution is -0.141. The fraction of sp³-hybridized carbons (Fsp3) is 0.312. The van der Waals surface area contributed by atoms with Gasteiger partial charge in [-0.15, -0.1) is 0 Å². The van der Waals surface area contributed by atoms with Crippen LogP contribution < -0.4 is 5.32 Å². The van der Waals surface area contributed by atoms with Gasteiger partial charge < -0.3 is 10.4 Å². The van der Waals surface area contributed by atoms with Gasteiger partial charge in [0.05, 0.1) is 22.0 Å². The summed E-state index contributed by atoms with van der Waals surface area (Å²) in [5.74, 6) is -1.83. The van der Waals surface area contributed by atoms with Crippen LogP contribution in [0.3, 0.4) is 0 Å². The number of carboxylic acid groups (broad SMARTS) is 1. The number of rotatable bonds is 6. The normalized spacial score (nSPS) is 12.1. The molecule has 22 heavy (non-hydrogen) atoms. The van der Waals surface area contributed by atoms with Crippen LogP contribution in [0.25, 0.3) is 10.9 Å². The molecule has 0 aliphatic rings. The Hall–Kier alpha value is -2.14. The monoisotopic (exact) mass is 320 g/mol. The van der Waals surface area contributed by atoms with Gasteiger partial charge in [0.2, 0.25) is 0 Å². The molecular formula is C16H17ClN2O3. The fourth-order valence-electron chi connectivity index (χ4n) is 2.29. The van der Waals surface area contributed by atoms with E-state index in [1.54, 1.807) is 30.5 Å². The van der Waals surface area contributed by atoms with Crippen LogP contribution >= 0.6 is 11.6 Å². The third kappa shape index (κ3) is 3.54. The molecule has 0 bridgehead atoms. The van der Waals surface area contributed by atoms with Gasteiger partial charge in [-0.05, 0) is 30.7 Å². The van der Waals surface area contributed by atoms with Crippen molar-refractivity contribution in [2.24, 2.45) is 5.92 Å². The Morgan fingerprint density at radius 1 is 1.36 bits per heavy atom. The van der Waals surface area contributed by atoms with Gasteiger partial charge in [-0.25, -0.2) is 0 Å². The molecule has 1 heterocycles. The summed E-state index contributed by atoms with van der Waals surface area (Å²) >= 11 is 6.09. The second kappa shape index (κ2) is 7.22. The van der Waals surface area contributed by atoms with E-state index >= 15 is 0 Å². The minimum Gasteiger partial charge on any atom is -0.481 e. The van der Waals surface area contributed by atoms with E-state index in [0.29, 0.717) is 27.9 Å². The second-order valence-electron chi connectivity index (χ2n) is 5.03. The molecule has 1 amide bonds. The number of pyridine rings is 1. The smallest absolute Gasteiger partial charge is 0.308 e. The average molecular weight is 321 g/mol. The fourth-order valence-corrected chi connectivity index (χ4v) is 2.51. The molecule has 0 saturated heterocycles. The largest absolute Gasteiger partial charge is 0.481 e. The Morgan fingerprint density at radius 3 is 2.82 bits per heavy atom. The maximum Gasteiger partial charge on any atom is 0.308 e. The molecule has 1 aromatic carbocycles. The van der Waals surface area contributed by atoms with Gasteiger partial charge in [0, 0.05) is 18.1 Å². The summed E-state index contributed by atoms with van der Waals surface area (Å²) in [4.78, 5) is 27.6. The van der Waals surface area contributed by atoms with Crippen molar-refractivity contribution in [2.75, 3.05) is 6.54 Å². The summed E-state index contributed by atoms with van der Waals surface area (Å²) in [7, 11) is 0. The van der Waals surface area contributed by atoms with E-state index in [9.17, 15) is 9.59 Å². The molecule has 0 aliphatic heterocycles. The summed E-state index contributed by atoms with van der Waals surface area (Å²) in [6.45, 7) is 2.01. The van der Waals surface area contributed by atoms with Gasteiger partial charge >= 0.3 is 5.97 Å². The molecule has 1 atom stereocenters. The van der Waals surface area contributed by atoms with Gasteiger partial charge in [-0.3, -0.25) is 14.6 Å². The molecule has 1 aromatic heterocycles. The van der Waals surface area contributed by atoms with Gasteiger partial charge in [-0.1, -0.05) is 24.9 Å². The van der Waals surface area contributed by atoms with Gasteiger partial charge in [-0.2, -0.15) is 0 Å². The quantitative estimate of drug-likeness (QED) is 0.857.